The highest BCUT2D eigenvalue weighted by Crippen LogP contribution is 2.22. The smallest absolute Gasteiger partial charge is 0.206 e. The van der Waals surface area contributed by atoms with Gasteiger partial charge in [0.1, 0.15) is 5.82 Å². The van der Waals surface area contributed by atoms with Crippen LogP contribution in [0.15, 0.2) is 66.7 Å². The lowest BCUT2D eigenvalue weighted by atomic mass is 10.2. The number of hydrogen-bond donors (Lipinski definition) is 2. The first-order valence-electron chi connectivity index (χ1n) is 8.41. The summed E-state index contributed by atoms with van der Waals surface area (Å²) in [5, 5.41) is 9.01. The van der Waals surface area contributed by atoms with Crippen LogP contribution in [-0.2, 0) is 0 Å². The molecule has 0 radical (unpaired) electrons. The zero-order valence-corrected chi connectivity index (χ0v) is 14.1. The van der Waals surface area contributed by atoms with E-state index >= 15 is 0 Å². The molecule has 3 aromatic heterocycles. The number of H-pyrrole nitrogens is 1. The number of nitrogens with one attached hydrogen (secondary N) is 2. The molecule has 0 aliphatic carbocycles. The summed E-state index contributed by atoms with van der Waals surface area (Å²) >= 11 is 0. The van der Waals surface area contributed by atoms with Crippen molar-refractivity contribution >= 4 is 33.7 Å². The molecule has 0 aliphatic heterocycles. The molecule has 6 heteroatoms. The van der Waals surface area contributed by atoms with Gasteiger partial charge >= 0.3 is 0 Å². The summed E-state index contributed by atoms with van der Waals surface area (Å²) in [6, 6.07) is 22.0. The Bertz CT molecular complexity index is 1200. The molecule has 0 saturated heterocycles. The Morgan fingerprint density at radius 3 is 2.58 bits per heavy atom. The topological polar surface area (TPSA) is 71.4 Å². The first-order valence-corrected chi connectivity index (χ1v) is 8.41. The van der Waals surface area contributed by atoms with Crippen molar-refractivity contribution in [3.05, 3.63) is 72.4 Å². The minimum absolute atomic E-state index is 0.674. The summed E-state index contributed by atoms with van der Waals surface area (Å²) < 4.78 is 1.80. The number of aromatic nitrogens is 5. The Morgan fingerprint density at radius 1 is 0.885 bits per heavy atom. The number of para-hydroxylation sites is 3. The number of nitrogens with zero attached hydrogens (tertiary/aromatic N) is 4. The molecule has 2 aromatic carbocycles. The van der Waals surface area contributed by atoms with Gasteiger partial charge in [-0.15, -0.1) is 0 Å². The molecule has 0 atom stereocenters. The average Bonchev–Trinajstić information content (AvgIpc) is 3.24. The van der Waals surface area contributed by atoms with E-state index in [4.69, 9.17) is 4.98 Å². The van der Waals surface area contributed by atoms with Crippen LogP contribution in [0.1, 0.15) is 5.69 Å². The number of pyridine rings is 1. The maximum absolute atomic E-state index is 4.73. The van der Waals surface area contributed by atoms with Crippen molar-refractivity contribution in [2.24, 2.45) is 0 Å². The molecule has 0 spiro atoms. The van der Waals surface area contributed by atoms with Crippen LogP contribution >= 0.6 is 0 Å². The fraction of sp³-hybridized carbons (Fsp3) is 0.0500. The van der Waals surface area contributed by atoms with Gasteiger partial charge in [0.25, 0.3) is 0 Å². The van der Waals surface area contributed by atoms with Gasteiger partial charge in [-0.1, -0.05) is 30.3 Å². The standard InChI is InChI=1S/C20H16N6/c1-13-12-19(24-20-22-16-8-4-5-9-17(16)23-20)26(25-13)18-11-10-14-6-2-3-7-15(14)21-18/h2-12H,1H3,(H2,22,23,24). The SMILES string of the molecule is Cc1cc(Nc2nc3ccccc3[nH]2)n(-c2ccc3ccccc3n2)n1. The first-order chi connectivity index (χ1) is 12.8. The van der Waals surface area contributed by atoms with Crippen LogP contribution in [-0.4, -0.2) is 24.7 Å². The summed E-state index contributed by atoms with van der Waals surface area (Å²) in [5.74, 6) is 2.24. The number of hydrogen-bond acceptors (Lipinski definition) is 4. The summed E-state index contributed by atoms with van der Waals surface area (Å²) in [6.07, 6.45) is 0. The number of anilines is 2. The van der Waals surface area contributed by atoms with Crippen molar-refractivity contribution in [2.75, 3.05) is 5.32 Å². The Hall–Kier alpha value is -3.67. The van der Waals surface area contributed by atoms with Gasteiger partial charge in [0.2, 0.25) is 5.95 Å². The highest BCUT2D eigenvalue weighted by molar-refractivity contribution is 5.80. The second-order valence-electron chi connectivity index (χ2n) is 6.17. The van der Waals surface area contributed by atoms with E-state index in [0.717, 1.165) is 39.3 Å². The van der Waals surface area contributed by atoms with Crippen molar-refractivity contribution in [3.63, 3.8) is 0 Å². The average molecular weight is 340 g/mol. The van der Waals surface area contributed by atoms with E-state index in [1.807, 2.05) is 67.6 Å². The molecule has 3 heterocycles. The van der Waals surface area contributed by atoms with E-state index in [0.29, 0.717) is 5.95 Å². The molecule has 0 fully saturated rings. The van der Waals surface area contributed by atoms with Gasteiger partial charge in [0, 0.05) is 11.5 Å². The van der Waals surface area contributed by atoms with Crippen LogP contribution in [0.4, 0.5) is 11.8 Å². The Balaban J connectivity index is 1.57. The summed E-state index contributed by atoms with van der Waals surface area (Å²) in [5.41, 5.74) is 3.75. The number of aromatic amines is 1. The zero-order valence-electron chi connectivity index (χ0n) is 14.1. The van der Waals surface area contributed by atoms with Gasteiger partial charge in [0.15, 0.2) is 5.82 Å². The van der Waals surface area contributed by atoms with Gasteiger partial charge in [0.05, 0.1) is 22.2 Å². The highest BCUT2D eigenvalue weighted by Gasteiger charge is 2.11. The van der Waals surface area contributed by atoms with E-state index < -0.39 is 0 Å². The van der Waals surface area contributed by atoms with Crippen LogP contribution < -0.4 is 5.32 Å². The number of fused-ring (bicyclic) bond motifs is 2. The number of aryl methyl sites for hydroxylation is 1. The largest absolute Gasteiger partial charge is 0.324 e. The highest BCUT2D eigenvalue weighted by atomic mass is 15.4. The number of rotatable bonds is 3. The van der Waals surface area contributed by atoms with E-state index in [9.17, 15) is 0 Å². The minimum Gasteiger partial charge on any atom is -0.324 e. The molecule has 5 rings (SSSR count). The van der Waals surface area contributed by atoms with Gasteiger partial charge < -0.3 is 10.3 Å². The monoisotopic (exact) mass is 340 g/mol. The fourth-order valence-corrected chi connectivity index (χ4v) is 3.07. The van der Waals surface area contributed by atoms with Gasteiger partial charge in [-0.3, -0.25) is 0 Å². The van der Waals surface area contributed by atoms with E-state index in [2.05, 4.69) is 26.4 Å². The molecular weight excluding hydrogens is 324 g/mol. The van der Waals surface area contributed by atoms with Gasteiger partial charge in [-0.25, -0.2) is 9.97 Å². The molecule has 6 nitrogen and oxygen atoms in total. The molecule has 126 valence electrons. The summed E-state index contributed by atoms with van der Waals surface area (Å²) in [7, 11) is 0. The van der Waals surface area contributed by atoms with E-state index in [1.54, 1.807) is 4.68 Å². The lowest BCUT2D eigenvalue weighted by Crippen LogP contribution is -2.05. The molecule has 2 N–H and O–H groups in total. The third-order valence-corrected chi connectivity index (χ3v) is 4.27. The Kier molecular flexibility index (Phi) is 3.21. The van der Waals surface area contributed by atoms with Crippen molar-refractivity contribution in [2.45, 2.75) is 6.92 Å². The fourth-order valence-electron chi connectivity index (χ4n) is 3.07. The molecule has 5 aromatic rings. The normalized spacial score (nSPS) is 11.3. The molecule has 0 bridgehead atoms. The molecule has 26 heavy (non-hydrogen) atoms. The quantitative estimate of drug-likeness (QED) is 0.512. The Morgan fingerprint density at radius 2 is 1.69 bits per heavy atom. The lowest BCUT2D eigenvalue weighted by Gasteiger charge is -2.08. The molecule has 0 saturated carbocycles. The number of benzene rings is 2. The predicted octanol–water partition coefficient (Wildman–Crippen LogP) is 4.35. The second kappa shape index (κ2) is 5.70. The zero-order chi connectivity index (χ0) is 17.5. The van der Waals surface area contributed by atoms with Crippen molar-refractivity contribution < 1.29 is 0 Å². The van der Waals surface area contributed by atoms with Crippen LogP contribution in [0.5, 0.6) is 0 Å². The molecule has 0 unspecified atom stereocenters. The molecular formula is C20H16N6. The summed E-state index contributed by atoms with van der Waals surface area (Å²) in [4.78, 5) is 12.6. The maximum Gasteiger partial charge on any atom is 0.206 e. The van der Waals surface area contributed by atoms with Crippen molar-refractivity contribution in [3.8, 4) is 5.82 Å². The van der Waals surface area contributed by atoms with Crippen LogP contribution in [0.25, 0.3) is 27.8 Å². The Labute approximate surface area is 149 Å². The maximum atomic E-state index is 4.73. The number of imidazole rings is 1. The van der Waals surface area contributed by atoms with Crippen LogP contribution in [0.3, 0.4) is 0 Å². The van der Waals surface area contributed by atoms with Gasteiger partial charge in [-0.2, -0.15) is 9.78 Å². The van der Waals surface area contributed by atoms with Gasteiger partial charge in [-0.05, 0) is 37.3 Å². The van der Waals surface area contributed by atoms with E-state index in [1.165, 1.54) is 0 Å². The molecule has 0 aliphatic rings. The van der Waals surface area contributed by atoms with Crippen molar-refractivity contribution in [1.82, 2.24) is 24.7 Å². The minimum atomic E-state index is 0.674. The first kappa shape index (κ1) is 14.7. The summed E-state index contributed by atoms with van der Waals surface area (Å²) in [6.45, 7) is 1.96. The van der Waals surface area contributed by atoms with Crippen LogP contribution in [0.2, 0.25) is 0 Å². The third-order valence-electron chi connectivity index (χ3n) is 4.27. The van der Waals surface area contributed by atoms with Crippen molar-refractivity contribution in [1.29, 1.82) is 0 Å². The molecule has 0 amide bonds. The predicted molar refractivity (Wildman–Crippen MR) is 103 cm³/mol. The third kappa shape index (κ3) is 2.48. The van der Waals surface area contributed by atoms with E-state index in [-0.39, 0.29) is 0 Å². The van der Waals surface area contributed by atoms with Crippen LogP contribution in [0, 0.1) is 6.92 Å². The lowest BCUT2D eigenvalue weighted by molar-refractivity contribution is 0.843. The second-order valence-corrected chi connectivity index (χ2v) is 6.17.